The molecule has 1 fully saturated rings. The number of guanidine groups is 1. The molecule has 77 heavy (non-hydrogen) atoms. The van der Waals surface area contributed by atoms with Crippen LogP contribution in [0, 0.1) is 5.92 Å². The van der Waals surface area contributed by atoms with Crippen molar-refractivity contribution < 1.29 is 58.2 Å². The number of nitrogens with zero attached hydrogens (tertiary/aromatic N) is 2. The number of hydrogen-bond donors (Lipinski definition) is 16. The number of amides is 9. The number of benzene rings is 1. The molecule has 8 atom stereocenters. The molecule has 1 saturated heterocycles. The van der Waals surface area contributed by atoms with Gasteiger partial charge in [-0.2, -0.15) is 0 Å². The number of aliphatic carboxylic acids is 1. The Morgan fingerprint density at radius 2 is 1.34 bits per heavy atom. The van der Waals surface area contributed by atoms with E-state index >= 15 is 0 Å². The molecule has 28 heteroatoms. The van der Waals surface area contributed by atoms with Crippen molar-refractivity contribution in [2.45, 2.75) is 146 Å². The summed E-state index contributed by atoms with van der Waals surface area (Å²) in [5.41, 5.74) is 34.8. The maximum absolute atomic E-state index is 14.7. The summed E-state index contributed by atoms with van der Waals surface area (Å²) in [6.45, 7) is 2.83. The molecule has 1 aromatic carbocycles. The number of aliphatic imine (C=N–C) groups is 1. The van der Waals surface area contributed by atoms with Crippen LogP contribution >= 0.6 is 0 Å². The number of para-hydroxylation sites is 1. The highest BCUT2D eigenvalue weighted by atomic mass is 16.4. The van der Waals surface area contributed by atoms with Crippen LogP contribution < -0.4 is 71.6 Å². The third-order valence-corrected chi connectivity index (χ3v) is 12.6. The number of fused-ring (bicyclic) bond motifs is 1. The molecule has 1 aromatic heterocycles. The number of nitrogens with two attached hydrogens (primary N) is 6. The Hall–Kier alpha value is -7.43. The molecule has 0 spiro atoms. The molecular formula is C49H80N16O12. The summed E-state index contributed by atoms with van der Waals surface area (Å²) in [5.74, 6) is -9.38. The van der Waals surface area contributed by atoms with Crippen molar-refractivity contribution >= 4 is 76.0 Å². The molecule has 0 radical (unpaired) electrons. The zero-order chi connectivity index (χ0) is 57.2. The van der Waals surface area contributed by atoms with E-state index in [1.54, 1.807) is 6.20 Å². The summed E-state index contributed by atoms with van der Waals surface area (Å²) < 4.78 is 0. The zero-order valence-corrected chi connectivity index (χ0v) is 43.9. The number of rotatable bonds is 35. The second-order valence-corrected chi connectivity index (χ2v) is 19.3. The molecule has 0 saturated carbocycles. The molecule has 0 aliphatic carbocycles. The highest BCUT2D eigenvalue weighted by Crippen LogP contribution is 2.24. The fraction of sp³-hybridized carbons (Fsp3) is 0.612. The first-order chi connectivity index (χ1) is 36.6. The highest BCUT2D eigenvalue weighted by Gasteiger charge is 2.40. The van der Waals surface area contributed by atoms with E-state index in [9.17, 15) is 58.2 Å². The van der Waals surface area contributed by atoms with E-state index in [1.165, 1.54) is 4.90 Å². The van der Waals surface area contributed by atoms with Crippen LogP contribution in [0.15, 0.2) is 35.5 Å². The Morgan fingerprint density at radius 3 is 1.97 bits per heavy atom. The lowest BCUT2D eigenvalue weighted by Crippen LogP contribution is -2.61. The SMILES string of the molecule is CC(C)C[C@H](NC(=O)[C@@H](N)CCCCN)C(=O)N[C@@H](Cc1c[nH]c2ccccc12)C(=O)N1CCC[C@H]1C(=O)N[C@@H](CO)C(=O)N[C@@H](CC(N)=O)C(=O)N[C@@H](CCCCN)C(=O)NCC(=O)N[C@@H](CCCN=C(N)N)C(=O)O. The number of carbonyl (C=O) groups excluding carboxylic acids is 9. The summed E-state index contributed by atoms with van der Waals surface area (Å²) in [6.07, 6.45) is 3.96. The van der Waals surface area contributed by atoms with Gasteiger partial charge < -0.3 is 91.7 Å². The van der Waals surface area contributed by atoms with Gasteiger partial charge in [-0.05, 0) is 94.8 Å². The van der Waals surface area contributed by atoms with Gasteiger partial charge in [0.25, 0.3) is 0 Å². The molecule has 9 amide bonds. The second-order valence-electron chi connectivity index (χ2n) is 19.3. The maximum atomic E-state index is 14.7. The number of H-pyrrole nitrogens is 1. The van der Waals surface area contributed by atoms with E-state index in [-0.39, 0.29) is 70.0 Å². The Kier molecular flexibility index (Phi) is 27.3. The first kappa shape index (κ1) is 63.9. The first-order valence-electron chi connectivity index (χ1n) is 25.9. The molecule has 2 heterocycles. The van der Waals surface area contributed by atoms with Crippen molar-refractivity contribution in [2.75, 3.05) is 39.3 Å². The number of primary amides is 1. The van der Waals surface area contributed by atoms with Gasteiger partial charge in [-0.15, -0.1) is 0 Å². The van der Waals surface area contributed by atoms with E-state index in [0.717, 1.165) is 10.9 Å². The Bertz CT molecular complexity index is 2360. The van der Waals surface area contributed by atoms with Crippen LogP contribution in [0.25, 0.3) is 10.9 Å². The van der Waals surface area contributed by atoms with Gasteiger partial charge >= 0.3 is 5.97 Å². The molecule has 2 aromatic rings. The first-order valence-corrected chi connectivity index (χ1v) is 25.9. The van der Waals surface area contributed by atoms with E-state index in [0.29, 0.717) is 50.6 Å². The van der Waals surface area contributed by atoms with Crippen LogP contribution in [0.2, 0.25) is 0 Å². The summed E-state index contributed by atoms with van der Waals surface area (Å²) in [5, 5.41) is 38.1. The second kappa shape index (κ2) is 32.9. The van der Waals surface area contributed by atoms with Gasteiger partial charge in [0.1, 0.15) is 42.3 Å². The number of aliphatic hydroxyl groups is 1. The number of carboxylic acid groups (broad SMARTS) is 1. The molecule has 0 unspecified atom stereocenters. The predicted octanol–water partition coefficient (Wildman–Crippen LogP) is -4.64. The number of aromatic nitrogens is 1. The lowest BCUT2D eigenvalue weighted by Gasteiger charge is -2.31. The van der Waals surface area contributed by atoms with E-state index in [2.05, 4.69) is 47.2 Å². The van der Waals surface area contributed by atoms with E-state index < -0.39 is 127 Å². The minimum absolute atomic E-state index is 0.0335. The fourth-order valence-corrected chi connectivity index (χ4v) is 8.59. The molecule has 28 nitrogen and oxygen atoms in total. The normalized spacial score (nSPS) is 15.9. The van der Waals surface area contributed by atoms with Crippen molar-refractivity contribution in [2.24, 2.45) is 45.3 Å². The van der Waals surface area contributed by atoms with Crippen LogP contribution in [0.3, 0.4) is 0 Å². The molecular weight excluding hydrogens is 1000 g/mol. The van der Waals surface area contributed by atoms with Crippen molar-refractivity contribution in [1.82, 2.24) is 47.1 Å². The van der Waals surface area contributed by atoms with Crippen molar-refractivity contribution in [3.63, 3.8) is 0 Å². The van der Waals surface area contributed by atoms with E-state index in [1.807, 2.05) is 38.1 Å². The molecule has 1 aliphatic heterocycles. The third-order valence-electron chi connectivity index (χ3n) is 12.6. The minimum Gasteiger partial charge on any atom is -0.480 e. The summed E-state index contributed by atoms with van der Waals surface area (Å²) in [7, 11) is 0. The average Bonchev–Trinajstić information content (AvgIpc) is 4.04. The van der Waals surface area contributed by atoms with Gasteiger partial charge in [-0.25, -0.2) is 4.79 Å². The number of nitrogens with one attached hydrogen (secondary N) is 8. The number of unbranched alkanes of at least 4 members (excludes halogenated alkanes) is 2. The highest BCUT2D eigenvalue weighted by molar-refractivity contribution is 5.99. The topological polar surface area (TPSA) is 483 Å². The van der Waals surface area contributed by atoms with Crippen molar-refractivity contribution in [3.8, 4) is 0 Å². The van der Waals surface area contributed by atoms with Crippen LogP contribution in [0.4, 0.5) is 0 Å². The lowest BCUT2D eigenvalue weighted by atomic mass is 9.99. The van der Waals surface area contributed by atoms with Gasteiger partial charge in [-0.3, -0.25) is 48.1 Å². The van der Waals surface area contributed by atoms with Crippen molar-refractivity contribution in [3.05, 3.63) is 36.0 Å². The number of carbonyl (C=O) groups is 10. The van der Waals surface area contributed by atoms with Gasteiger partial charge in [0, 0.05) is 36.6 Å². The largest absolute Gasteiger partial charge is 0.480 e. The van der Waals surface area contributed by atoms with Crippen LogP contribution in [0.1, 0.15) is 96.5 Å². The summed E-state index contributed by atoms with van der Waals surface area (Å²) in [4.78, 5) is 142. The van der Waals surface area contributed by atoms with Gasteiger partial charge in [-0.1, -0.05) is 38.5 Å². The summed E-state index contributed by atoms with van der Waals surface area (Å²) in [6, 6.07) is -3.38. The monoisotopic (exact) mass is 1080 g/mol. The maximum Gasteiger partial charge on any atom is 0.326 e. The minimum atomic E-state index is -1.76. The Morgan fingerprint density at radius 1 is 0.727 bits per heavy atom. The number of carboxylic acids is 1. The van der Waals surface area contributed by atoms with Crippen molar-refractivity contribution in [1.29, 1.82) is 0 Å². The number of likely N-dealkylation sites (tertiary alicyclic amines) is 1. The average molecular weight is 1090 g/mol. The van der Waals surface area contributed by atoms with E-state index in [4.69, 9.17) is 34.4 Å². The predicted molar refractivity (Wildman–Crippen MR) is 283 cm³/mol. The molecule has 0 bridgehead atoms. The quantitative estimate of drug-likeness (QED) is 0.0175. The molecule has 1 aliphatic rings. The zero-order valence-electron chi connectivity index (χ0n) is 43.9. The van der Waals surface area contributed by atoms with Gasteiger partial charge in [0.05, 0.1) is 25.6 Å². The number of aromatic amines is 1. The van der Waals surface area contributed by atoms with Crippen LogP contribution in [-0.2, 0) is 54.4 Å². The van der Waals surface area contributed by atoms with Gasteiger partial charge in [0.15, 0.2) is 5.96 Å². The fourth-order valence-electron chi connectivity index (χ4n) is 8.59. The van der Waals surface area contributed by atoms with Crippen LogP contribution in [-0.4, -0.2) is 173 Å². The smallest absolute Gasteiger partial charge is 0.326 e. The number of aliphatic hydroxyl groups excluding tert-OH is 1. The lowest BCUT2D eigenvalue weighted by molar-refractivity contribution is -0.142. The molecule has 3 rings (SSSR count). The summed E-state index contributed by atoms with van der Waals surface area (Å²) >= 11 is 0. The third kappa shape index (κ3) is 21.6. The molecule has 22 N–H and O–H groups in total. The van der Waals surface area contributed by atoms with Gasteiger partial charge in [0.2, 0.25) is 53.2 Å². The Balaban J connectivity index is 1.79. The number of hydrogen-bond acceptors (Lipinski definition) is 15. The molecule has 428 valence electrons. The Labute approximate surface area is 446 Å². The standard InChI is InChI=1S/C49H80N16O12/c1-27(2)21-34(61-41(69)30(52)12-5-7-17-50)43(71)63-36(22-28-24-57-31-13-4-3-11-29(28)31)47(75)65-20-10-16-38(65)46(74)64-37(26-66)45(73)62-35(23-39(53)67)44(72)60-32(14-6-8-18-51)42(70)58-25-40(68)59-33(48(76)77)15-9-19-56-49(54)55/h3-4,11,13,24,27,30,32-38,57,66H,5-10,12,14-23,25-26,50-52H2,1-2H3,(H2,53,67)(H,58,70)(H,59,68)(H,60,72)(H,61,69)(H,62,73)(H,63,71)(H,64,74)(H,76,77)(H4,54,55,56)/t30-,32-,33-,34-,35-,36-,37-,38-/m0/s1. The van der Waals surface area contributed by atoms with Crippen LogP contribution in [0.5, 0.6) is 0 Å².